The molecule has 0 radical (unpaired) electrons. The maximum atomic E-state index is 11.5. The summed E-state index contributed by atoms with van der Waals surface area (Å²) in [4.78, 5) is 18.2. The number of hydrogen-bond acceptors (Lipinski definition) is 3. The van der Waals surface area contributed by atoms with Gasteiger partial charge in [0.25, 0.3) is 0 Å². The number of aryl methyl sites for hydroxylation is 2. The summed E-state index contributed by atoms with van der Waals surface area (Å²) in [6.07, 6.45) is 2.89. The molecule has 1 saturated heterocycles. The number of rotatable bonds is 8. The number of nitrogens with one attached hydrogen (secondary N) is 2. The predicted molar refractivity (Wildman–Crippen MR) is 147 cm³/mol. The van der Waals surface area contributed by atoms with Crippen molar-refractivity contribution in [1.29, 1.82) is 0 Å². The van der Waals surface area contributed by atoms with Crippen molar-refractivity contribution in [2.24, 2.45) is 16.6 Å². The number of nitrogens with two attached hydrogens (primary N) is 1. The second-order valence-electron chi connectivity index (χ2n) is 8.90. The number of nitrogens with zero attached hydrogens (tertiary/aromatic N) is 2. The molecular formula is C26H38IN5O. The Hall–Kier alpha value is -2.13. The molecule has 0 aromatic heterocycles. The van der Waals surface area contributed by atoms with Gasteiger partial charge >= 0.3 is 0 Å². The highest BCUT2D eigenvalue weighted by Crippen LogP contribution is 2.18. The Bertz CT molecular complexity index is 926. The van der Waals surface area contributed by atoms with Gasteiger partial charge in [-0.25, -0.2) is 0 Å². The zero-order valence-electron chi connectivity index (χ0n) is 20.1. The molecule has 1 atom stereocenters. The van der Waals surface area contributed by atoms with E-state index >= 15 is 0 Å². The van der Waals surface area contributed by atoms with E-state index < -0.39 is 0 Å². The molecule has 7 heteroatoms. The summed E-state index contributed by atoms with van der Waals surface area (Å²) in [5.41, 5.74) is 11.9. The van der Waals surface area contributed by atoms with Crippen molar-refractivity contribution in [3.63, 3.8) is 0 Å². The van der Waals surface area contributed by atoms with Crippen molar-refractivity contribution >= 4 is 35.8 Å². The molecule has 2 aromatic rings. The summed E-state index contributed by atoms with van der Waals surface area (Å²) in [5, 5.41) is 6.82. The van der Waals surface area contributed by atoms with Gasteiger partial charge in [0, 0.05) is 33.2 Å². The molecule has 2 aromatic carbocycles. The second kappa shape index (κ2) is 13.5. The molecule has 0 saturated carbocycles. The van der Waals surface area contributed by atoms with E-state index in [1.54, 1.807) is 7.05 Å². The zero-order valence-corrected chi connectivity index (χ0v) is 22.4. The van der Waals surface area contributed by atoms with E-state index in [4.69, 9.17) is 5.73 Å². The number of aliphatic imine (C=N–C) groups is 1. The van der Waals surface area contributed by atoms with Crippen LogP contribution in [0.5, 0.6) is 0 Å². The lowest BCUT2D eigenvalue weighted by Crippen LogP contribution is -2.40. The molecule has 0 spiro atoms. The number of halogens is 1. The first-order chi connectivity index (χ1) is 15.4. The van der Waals surface area contributed by atoms with Gasteiger partial charge in [-0.1, -0.05) is 53.6 Å². The standard InChI is InChI=1S/C26H37N5O.HI/c1-19-12-20(2)14-21(13-19)9-10-29-26(28-3)30-16-22-6-4-7-23(15-22)17-31-11-5-8-24(18-31)25(27)32;/h4,6-7,12-15,24H,5,8-11,16-18H2,1-3H3,(H2,27,32)(H2,28,29,30);1H. The summed E-state index contributed by atoms with van der Waals surface area (Å²) in [6.45, 7) is 8.44. The number of hydrogen-bond donors (Lipinski definition) is 3. The first-order valence-electron chi connectivity index (χ1n) is 11.5. The van der Waals surface area contributed by atoms with Crippen LogP contribution >= 0.6 is 24.0 Å². The number of guanidine groups is 1. The van der Waals surface area contributed by atoms with Gasteiger partial charge in [-0.2, -0.15) is 0 Å². The Morgan fingerprint density at radius 3 is 2.52 bits per heavy atom. The third kappa shape index (κ3) is 8.97. The van der Waals surface area contributed by atoms with Gasteiger partial charge in [0.15, 0.2) is 5.96 Å². The van der Waals surface area contributed by atoms with E-state index in [1.807, 2.05) is 0 Å². The smallest absolute Gasteiger partial charge is 0.221 e. The lowest BCUT2D eigenvalue weighted by molar-refractivity contribution is -0.123. The third-order valence-electron chi connectivity index (χ3n) is 5.98. The highest BCUT2D eigenvalue weighted by molar-refractivity contribution is 14.0. The van der Waals surface area contributed by atoms with Crippen LogP contribution in [0.4, 0.5) is 0 Å². The molecular weight excluding hydrogens is 525 g/mol. The van der Waals surface area contributed by atoms with E-state index in [-0.39, 0.29) is 35.8 Å². The minimum atomic E-state index is -0.177. The molecule has 4 N–H and O–H groups in total. The number of carbonyl (C=O) groups excluding carboxylic acids is 1. The highest BCUT2D eigenvalue weighted by atomic mass is 127. The van der Waals surface area contributed by atoms with Crippen molar-refractivity contribution in [2.75, 3.05) is 26.7 Å². The van der Waals surface area contributed by atoms with Gasteiger partial charge in [0.1, 0.15) is 0 Å². The van der Waals surface area contributed by atoms with Gasteiger partial charge in [0.2, 0.25) is 5.91 Å². The number of primary amides is 1. The van der Waals surface area contributed by atoms with Crippen LogP contribution in [0.15, 0.2) is 47.5 Å². The van der Waals surface area contributed by atoms with Crippen molar-refractivity contribution in [2.45, 2.75) is 46.2 Å². The fourth-order valence-electron chi connectivity index (χ4n) is 4.47. The number of amides is 1. The first-order valence-corrected chi connectivity index (χ1v) is 11.5. The predicted octanol–water partition coefficient (Wildman–Crippen LogP) is 3.53. The number of benzene rings is 2. The monoisotopic (exact) mass is 563 g/mol. The number of carbonyl (C=O) groups is 1. The van der Waals surface area contributed by atoms with Crippen LogP contribution in [0.2, 0.25) is 0 Å². The number of likely N-dealkylation sites (tertiary alicyclic amines) is 1. The van der Waals surface area contributed by atoms with Gasteiger partial charge in [-0.3, -0.25) is 14.7 Å². The Morgan fingerprint density at radius 2 is 1.82 bits per heavy atom. The summed E-state index contributed by atoms with van der Waals surface area (Å²) < 4.78 is 0. The summed E-state index contributed by atoms with van der Waals surface area (Å²) in [6, 6.07) is 15.3. The Labute approximate surface area is 215 Å². The van der Waals surface area contributed by atoms with Crippen molar-refractivity contribution < 1.29 is 4.79 Å². The van der Waals surface area contributed by atoms with Crippen LogP contribution in [-0.2, 0) is 24.3 Å². The van der Waals surface area contributed by atoms with E-state index in [0.29, 0.717) is 6.54 Å². The lowest BCUT2D eigenvalue weighted by atomic mass is 9.97. The highest BCUT2D eigenvalue weighted by Gasteiger charge is 2.23. The van der Waals surface area contributed by atoms with E-state index in [2.05, 4.69) is 76.8 Å². The molecule has 1 aliphatic heterocycles. The molecule has 180 valence electrons. The Balaban J connectivity index is 0.00000385. The fourth-order valence-corrected chi connectivity index (χ4v) is 4.47. The quantitative estimate of drug-likeness (QED) is 0.261. The van der Waals surface area contributed by atoms with E-state index in [9.17, 15) is 4.79 Å². The van der Waals surface area contributed by atoms with Crippen molar-refractivity contribution in [3.05, 3.63) is 70.3 Å². The van der Waals surface area contributed by atoms with Gasteiger partial charge in [-0.15, -0.1) is 24.0 Å². The molecule has 6 nitrogen and oxygen atoms in total. The average Bonchev–Trinajstić information content (AvgIpc) is 2.76. The van der Waals surface area contributed by atoms with Crippen LogP contribution in [0.25, 0.3) is 0 Å². The minimum Gasteiger partial charge on any atom is -0.369 e. The fraction of sp³-hybridized carbons (Fsp3) is 0.462. The molecule has 1 amide bonds. The SMILES string of the molecule is CN=C(NCCc1cc(C)cc(C)c1)NCc1cccc(CN2CCCC(C(N)=O)C2)c1.I. The second-order valence-corrected chi connectivity index (χ2v) is 8.90. The molecule has 1 fully saturated rings. The summed E-state index contributed by atoms with van der Waals surface area (Å²) in [5.74, 6) is 0.607. The van der Waals surface area contributed by atoms with Crippen LogP contribution in [0.1, 0.15) is 40.7 Å². The normalized spacial score (nSPS) is 16.7. The largest absolute Gasteiger partial charge is 0.369 e. The van der Waals surface area contributed by atoms with Crippen molar-refractivity contribution in [1.82, 2.24) is 15.5 Å². The molecule has 33 heavy (non-hydrogen) atoms. The van der Waals surface area contributed by atoms with Gasteiger partial charge in [0.05, 0.1) is 5.92 Å². The van der Waals surface area contributed by atoms with Crippen molar-refractivity contribution in [3.8, 4) is 0 Å². The Kier molecular flexibility index (Phi) is 11.1. The maximum Gasteiger partial charge on any atom is 0.221 e. The minimum absolute atomic E-state index is 0. The van der Waals surface area contributed by atoms with Gasteiger partial charge < -0.3 is 16.4 Å². The molecule has 1 heterocycles. The van der Waals surface area contributed by atoms with Crippen LogP contribution in [0.3, 0.4) is 0 Å². The van der Waals surface area contributed by atoms with E-state index in [1.165, 1.54) is 27.8 Å². The maximum absolute atomic E-state index is 11.5. The lowest BCUT2D eigenvalue weighted by Gasteiger charge is -2.31. The molecule has 0 bridgehead atoms. The summed E-state index contributed by atoms with van der Waals surface area (Å²) in [7, 11) is 1.80. The van der Waals surface area contributed by atoms with Crippen LogP contribution in [0, 0.1) is 19.8 Å². The Morgan fingerprint density at radius 1 is 1.09 bits per heavy atom. The van der Waals surface area contributed by atoms with Crippen LogP contribution < -0.4 is 16.4 Å². The molecule has 1 unspecified atom stereocenters. The third-order valence-corrected chi connectivity index (χ3v) is 5.98. The molecule has 3 rings (SSSR count). The topological polar surface area (TPSA) is 82.8 Å². The summed E-state index contributed by atoms with van der Waals surface area (Å²) >= 11 is 0. The zero-order chi connectivity index (χ0) is 22.9. The van der Waals surface area contributed by atoms with E-state index in [0.717, 1.165) is 51.4 Å². The average molecular weight is 564 g/mol. The molecule has 1 aliphatic rings. The molecule has 0 aliphatic carbocycles. The van der Waals surface area contributed by atoms with Gasteiger partial charge in [-0.05, 0) is 56.3 Å². The number of piperidine rings is 1. The van der Waals surface area contributed by atoms with Crippen LogP contribution in [-0.4, -0.2) is 43.4 Å². The first kappa shape index (κ1) is 27.1.